The Morgan fingerprint density at radius 2 is 1.85 bits per heavy atom. The van der Waals surface area contributed by atoms with Gasteiger partial charge in [0.25, 0.3) is 0 Å². The molecule has 1 aliphatic rings. The molecule has 1 fully saturated rings. The minimum Gasteiger partial charge on any atom is -0.480 e. The van der Waals surface area contributed by atoms with Gasteiger partial charge in [0.1, 0.15) is 6.04 Å². The lowest BCUT2D eigenvalue weighted by atomic mass is 10.2. The van der Waals surface area contributed by atoms with E-state index in [2.05, 4.69) is 11.9 Å². The van der Waals surface area contributed by atoms with Crippen molar-refractivity contribution in [3.8, 4) is 0 Å². The normalized spacial score (nSPS) is 17.1. The molecule has 20 heavy (non-hydrogen) atoms. The van der Waals surface area contributed by atoms with Gasteiger partial charge in [-0.25, -0.2) is 9.59 Å². The van der Waals surface area contributed by atoms with Crippen LogP contribution in [0.4, 0.5) is 4.79 Å². The molecule has 1 aliphatic heterocycles. The summed E-state index contributed by atoms with van der Waals surface area (Å²) in [5, 5.41) is 11.5. The fourth-order valence-electron chi connectivity index (χ4n) is 2.06. The van der Waals surface area contributed by atoms with Crippen LogP contribution in [0.15, 0.2) is 12.7 Å². The smallest absolute Gasteiger partial charge is 0.326 e. The number of urea groups is 1. The molecule has 0 bridgehead atoms. The minimum atomic E-state index is -1.08. The third-order valence-corrected chi connectivity index (χ3v) is 3.23. The Hall–Kier alpha value is -2.05. The molecule has 0 aliphatic carbocycles. The fourth-order valence-corrected chi connectivity index (χ4v) is 2.06. The maximum atomic E-state index is 12.0. The summed E-state index contributed by atoms with van der Waals surface area (Å²) in [5.74, 6) is -1.10. The Morgan fingerprint density at radius 3 is 2.40 bits per heavy atom. The first kappa shape index (κ1) is 16.0. The molecular weight excluding hydrogens is 262 g/mol. The van der Waals surface area contributed by atoms with Crippen molar-refractivity contribution in [2.75, 3.05) is 26.2 Å². The van der Waals surface area contributed by atoms with Crippen LogP contribution in [0.25, 0.3) is 0 Å². The van der Waals surface area contributed by atoms with Crippen molar-refractivity contribution in [1.82, 2.24) is 15.1 Å². The number of hydrogen-bond donors (Lipinski definition) is 2. The molecule has 7 heteroatoms. The summed E-state index contributed by atoms with van der Waals surface area (Å²) in [4.78, 5) is 37.5. The van der Waals surface area contributed by atoms with Gasteiger partial charge in [-0.05, 0) is 12.8 Å². The highest BCUT2D eigenvalue weighted by Gasteiger charge is 2.24. The molecule has 0 spiro atoms. The number of carboxylic acid groups (broad SMARTS) is 1. The summed E-state index contributed by atoms with van der Waals surface area (Å²) in [6, 6.07) is -1.38. The summed E-state index contributed by atoms with van der Waals surface area (Å²) < 4.78 is 0. The Balaban J connectivity index is 2.56. The molecule has 7 nitrogen and oxygen atoms in total. The largest absolute Gasteiger partial charge is 0.480 e. The molecule has 0 radical (unpaired) electrons. The van der Waals surface area contributed by atoms with Crippen LogP contribution in [0.1, 0.15) is 19.8 Å². The van der Waals surface area contributed by atoms with Gasteiger partial charge in [-0.1, -0.05) is 6.08 Å². The third kappa shape index (κ3) is 4.56. The predicted molar refractivity (Wildman–Crippen MR) is 73.2 cm³/mol. The molecule has 0 aromatic heterocycles. The lowest BCUT2D eigenvalue weighted by Gasteiger charge is -2.23. The zero-order chi connectivity index (χ0) is 15.1. The van der Waals surface area contributed by atoms with E-state index in [0.717, 1.165) is 0 Å². The summed E-state index contributed by atoms with van der Waals surface area (Å²) in [6.45, 7) is 6.99. The number of amides is 3. The van der Waals surface area contributed by atoms with Crippen LogP contribution in [-0.4, -0.2) is 65.0 Å². The predicted octanol–water partition coefficient (Wildman–Crippen LogP) is 0.280. The van der Waals surface area contributed by atoms with Gasteiger partial charge in [0, 0.05) is 33.1 Å². The molecule has 1 atom stereocenters. The number of hydrogen-bond acceptors (Lipinski definition) is 3. The first-order valence-corrected chi connectivity index (χ1v) is 6.60. The van der Waals surface area contributed by atoms with E-state index >= 15 is 0 Å². The van der Waals surface area contributed by atoms with Gasteiger partial charge < -0.3 is 20.2 Å². The second kappa shape index (κ2) is 7.52. The Labute approximate surface area is 118 Å². The van der Waals surface area contributed by atoms with Gasteiger partial charge >= 0.3 is 12.0 Å². The van der Waals surface area contributed by atoms with Crippen molar-refractivity contribution in [3.05, 3.63) is 12.7 Å². The second-order valence-corrected chi connectivity index (χ2v) is 4.71. The van der Waals surface area contributed by atoms with E-state index in [1.165, 1.54) is 13.0 Å². The van der Waals surface area contributed by atoms with Crippen LogP contribution in [0.3, 0.4) is 0 Å². The molecule has 0 aromatic carbocycles. The second-order valence-electron chi connectivity index (χ2n) is 4.71. The van der Waals surface area contributed by atoms with Crippen LogP contribution in [0.5, 0.6) is 0 Å². The van der Waals surface area contributed by atoms with E-state index < -0.39 is 18.0 Å². The maximum absolute atomic E-state index is 12.0. The van der Waals surface area contributed by atoms with Crippen molar-refractivity contribution >= 4 is 17.9 Å². The highest BCUT2D eigenvalue weighted by Crippen LogP contribution is 2.05. The lowest BCUT2D eigenvalue weighted by molar-refractivity contribution is -0.139. The highest BCUT2D eigenvalue weighted by atomic mass is 16.4. The van der Waals surface area contributed by atoms with E-state index in [1.807, 2.05) is 0 Å². The highest BCUT2D eigenvalue weighted by molar-refractivity contribution is 5.82. The van der Waals surface area contributed by atoms with Crippen molar-refractivity contribution in [2.45, 2.75) is 25.8 Å². The molecular formula is C13H21N3O4. The summed E-state index contributed by atoms with van der Waals surface area (Å²) in [7, 11) is 0. The lowest BCUT2D eigenvalue weighted by Crippen LogP contribution is -2.48. The number of carbonyl (C=O) groups is 3. The van der Waals surface area contributed by atoms with Crippen molar-refractivity contribution in [3.63, 3.8) is 0 Å². The van der Waals surface area contributed by atoms with Gasteiger partial charge in [-0.15, -0.1) is 6.58 Å². The van der Waals surface area contributed by atoms with E-state index in [9.17, 15) is 14.4 Å². The zero-order valence-corrected chi connectivity index (χ0v) is 11.7. The molecule has 1 heterocycles. The maximum Gasteiger partial charge on any atom is 0.326 e. The van der Waals surface area contributed by atoms with Crippen molar-refractivity contribution < 1.29 is 19.5 Å². The van der Waals surface area contributed by atoms with Gasteiger partial charge in [0.05, 0.1) is 0 Å². The quantitative estimate of drug-likeness (QED) is 0.725. The average molecular weight is 283 g/mol. The van der Waals surface area contributed by atoms with Gasteiger partial charge in [-0.2, -0.15) is 0 Å². The van der Waals surface area contributed by atoms with Crippen LogP contribution >= 0.6 is 0 Å². The standard InChI is InChI=1S/C13H21N3O4/c1-3-5-11(12(18)19)14-13(20)16-7-4-6-15(8-9-16)10(2)17/h3,11H,1,4-9H2,2H3,(H,14,20)(H,18,19). The van der Waals surface area contributed by atoms with Gasteiger partial charge in [0.15, 0.2) is 0 Å². The van der Waals surface area contributed by atoms with E-state index in [-0.39, 0.29) is 12.3 Å². The van der Waals surface area contributed by atoms with Crippen LogP contribution in [0, 0.1) is 0 Å². The number of nitrogens with one attached hydrogen (secondary N) is 1. The summed E-state index contributed by atoms with van der Waals surface area (Å²) in [6.07, 6.45) is 2.32. The molecule has 2 N–H and O–H groups in total. The number of aliphatic carboxylic acids is 1. The fraction of sp³-hybridized carbons (Fsp3) is 0.615. The van der Waals surface area contributed by atoms with Crippen LogP contribution < -0.4 is 5.32 Å². The molecule has 0 saturated carbocycles. The Kier molecular flexibility index (Phi) is 6.02. The van der Waals surface area contributed by atoms with Crippen LogP contribution in [0.2, 0.25) is 0 Å². The third-order valence-electron chi connectivity index (χ3n) is 3.23. The van der Waals surface area contributed by atoms with Gasteiger partial charge in [0.2, 0.25) is 5.91 Å². The number of nitrogens with zero attached hydrogens (tertiary/aromatic N) is 2. The molecule has 1 unspecified atom stereocenters. The molecule has 1 rings (SSSR count). The van der Waals surface area contributed by atoms with Gasteiger partial charge in [-0.3, -0.25) is 4.79 Å². The first-order chi connectivity index (χ1) is 9.45. The van der Waals surface area contributed by atoms with E-state index in [0.29, 0.717) is 32.6 Å². The monoisotopic (exact) mass is 283 g/mol. The Morgan fingerprint density at radius 1 is 1.25 bits per heavy atom. The molecule has 1 saturated heterocycles. The van der Waals surface area contributed by atoms with E-state index in [1.54, 1.807) is 9.80 Å². The van der Waals surface area contributed by atoms with E-state index in [4.69, 9.17) is 5.11 Å². The topological polar surface area (TPSA) is 90.0 Å². The Bertz CT molecular complexity index is 397. The number of rotatable bonds is 4. The first-order valence-electron chi connectivity index (χ1n) is 6.60. The van der Waals surface area contributed by atoms with Crippen LogP contribution in [-0.2, 0) is 9.59 Å². The molecule has 3 amide bonds. The molecule has 112 valence electrons. The van der Waals surface area contributed by atoms with Crippen molar-refractivity contribution in [2.24, 2.45) is 0 Å². The molecule has 0 aromatic rings. The minimum absolute atomic E-state index is 0.0117. The SMILES string of the molecule is C=CCC(NC(=O)N1CCCN(C(C)=O)CC1)C(=O)O. The average Bonchev–Trinajstić information content (AvgIpc) is 2.63. The number of carboxylic acids is 1. The number of carbonyl (C=O) groups excluding carboxylic acids is 2. The zero-order valence-electron chi connectivity index (χ0n) is 11.7. The summed E-state index contributed by atoms with van der Waals surface area (Å²) >= 11 is 0. The van der Waals surface area contributed by atoms with Crippen molar-refractivity contribution in [1.29, 1.82) is 0 Å². The summed E-state index contributed by atoms with van der Waals surface area (Å²) in [5.41, 5.74) is 0.